The monoisotopic (exact) mass is 252 g/mol. The second-order valence-electron chi connectivity index (χ2n) is 4.42. The maximum Gasteiger partial charge on any atom is 0.131 e. The fourth-order valence-corrected chi connectivity index (χ4v) is 2.26. The summed E-state index contributed by atoms with van der Waals surface area (Å²) >= 11 is 0. The fourth-order valence-electron chi connectivity index (χ4n) is 2.26. The van der Waals surface area contributed by atoms with E-state index < -0.39 is 0 Å². The number of fused-ring (bicyclic) bond motifs is 1. The summed E-state index contributed by atoms with van der Waals surface area (Å²) in [4.78, 5) is 4.09. The second-order valence-corrected chi connectivity index (χ2v) is 4.42. The van der Waals surface area contributed by atoms with Gasteiger partial charge in [0.25, 0.3) is 0 Å². The van der Waals surface area contributed by atoms with Crippen molar-refractivity contribution in [3.05, 3.63) is 66.2 Å². The Morgan fingerprint density at radius 1 is 1.05 bits per heavy atom. The fraction of sp³-hybridized carbons (Fsp3) is 0.0625. The lowest BCUT2D eigenvalue weighted by atomic mass is 9.97. The number of pyridine rings is 1. The van der Waals surface area contributed by atoms with Crippen LogP contribution in [0.25, 0.3) is 21.9 Å². The number of nitrogens with two attached hydrogens (primary N) is 1. The highest BCUT2D eigenvalue weighted by molar-refractivity contribution is 5.96. The van der Waals surface area contributed by atoms with Gasteiger partial charge >= 0.3 is 0 Å². The molecular formula is C16H13FN2. The van der Waals surface area contributed by atoms with E-state index >= 15 is 0 Å². The lowest BCUT2D eigenvalue weighted by Gasteiger charge is -2.09. The molecule has 0 saturated carbocycles. The van der Waals surface area contributed by atoms with Crippen LogP contribution in [0.3, 0.4) is 0 Å². The van der Waals surface area contributed by atoms with Gasteiger partial charge in [-0.3, -0.25) is 4.98 Å². The standard InChI is InChI=1S/C16H13FN2/c17-16-5-4-11(9-18)8-15(16)14-3-1-2-12-10-19-7-6-13(12)14/h1-8,10H,9,18H2. The molecule has 19 heavy (non-hydrogen) atoms. The highest BCUT2D eigenvalue weighted by atomic mass is 19.1. The Balaban J connectivity index is 2.30. The van der Waals surface area contributed by atoms with Crippen molar-refractivity contribution >= 4 is 10.8 Å². The lowest BCUT2D eigenvalue weighted by Crippen LogP contribution is -1.97. The molecule has 1 heterocycles. The Morgan fingerprint density at radius 3 is 2.79 bits per heavy atom. The molecule has 2 nitrogen and oxygen atoms in total. The zero-order chi connectivity index (χ0) is 13.2. The van der Waals surface area contributed by atoms with Crippen molar-refractivity contribution in [1.29, 1.82) is 0 Å². The SMILES string of the molecule is NCc1ccc(F)c(-c2cccc3cnccc23)c1. The van der Waals surface area contributed by atoms with Crippen LogP contribution in [0.5, 0.6) is 0 Å². The third-order valence-corrected chi connectivity index (χ3v) is 3.24. The van der Waals surface area contributed by atoms with Gasteiger partial charge in [-0.2, -0.15) is 0 Å². The molecule has 0 aliphatic rings. The highest BCUT2D eigenvalue weighted by Gasteiger charge is 2.09. The number of rotatable bonds is 2. The van der Waals surface area contributed by atoms with E-state index in [1.165, 1.54) is 6.07 Å². The summed E-state index contributed by atoms with van der Waals surface area (Å²) in [6.45, 7) is 0.402. The predicted molar refractivity (Wildman–Crippen MR) is 75.0 cm³/mol. The van der Waals surface area contributed by atoms with Crippen molar-refractivity contribution in [3.8, 4) is 11.1 Å². The van der Waals surface area contributed by atoms with Crippen LogP contribution in [0, 0.1) is 5.82 Å². The molecule has 94 valence electrons. The van der Waals surface area contributed by atoms with Crippen molar-refractivity contribution in [2.45, 2.75) is 6.54 Å². The predicted octanol–water partition coefficient (Wildman–Crippen LogP) is 3.50. The van der Waals surface area contributed by atoms with Crippen LogP contribution in [-0.4, -0.2) is 4.98 Å². The first kappa shape index (κ1) is 11.8. The summed E-state index contributed by atoms with van der Waals surface area (Å²) in [5.41, 5.74) is 8.00. The molecule has 0 radical (unpaired) electrons. The smallest absolute Gasteiger partial charge is 0.131 e. The Hall–Kier alpha value is -2.26. The molecule has 0 fully saturated rings. The van der Waals surface area contributed by atoms with Crippen LogP contribution < -0.4 is 5.73 Å². The molecule has 1 aromatic heterocycles. The molecule has 0 saturated heterocycles. The van der Waals surface area contributed by atoms with Crippen molar-refractivity contribution in [3.63, 3.8) is 0 Å². The molecule has 0 amide bonds. The van der Waals surface area contributed by atoms with E-state index in [1.54, 1.807) is 18.5 Å². The zero-order valence-electron chi connectivity index (χ0n) is 10.3. The molecule has 0 aliphatic heterocycles. The van der Waals surface area contributed by atoms with Crippen molar-refractivity contribution in [2.75, 3.05) is 0 Å². The topological polar surface area (TPSA) is 38.9 Å². The van der Waals surface area contributed by atoms with Crippen LogP contribution in [0.1, 0.15) is 5.56 Å². The summed E-state index contributed by atoms with van der Waals surface area (Å²) in [5.74, 6) is -0.235. The number of hydrogen-bond acceptors (Lipinski definition) is 2. The van der Waals surface area contributed by atoms with Crippen LogP contribution >= 0.6 is 0 Å². The first-order valence-corrected chi connectivity index (χ1v) is 6.11. The van der Waals surface area contributed by atoms with E-state index in [0.717, 1.165) is 21.9 Å². The summed E-state index contributed by atoms with van der Waals surface area (Å²) in [7, 11) is 0. The maximum atomic E-state index is 14.1. The van der Waals surface area contributed by atoms with E-state index in [-0.39, 0.29) is 5.82 Å². The third kappa shape index (κ3) is 2.09. The van der Waals surface area contributed by atoms with Crippen LogP contribution in [0.4, 0.5) is 4.39 Å². The molecular weight excluding hydrogens is 239 g/mol. The molecule has 0 spiro atoms. The molecule has 0 atom stereocenters. The number of halogens is 1. The van der Waals surface area contributed by atoms with E-state index in [1.807, 2.05) is 30.3 Å². The minimum absolute atomic E-state index is 0.235. The average Bonchev–Trinajstić information content (AvgIpc) is 2.47. The summed E-state index contributed by atoms with van der Waals surface area (Å²) in [6, 6.07) is 12.7. The molecule has 0 unspecified atom stereocenters. The van der Waals surface area contributed by atoms with Gasteiger partial charge in [-0.1, -0.05) is 24.3 Å². The summed E-state index contributed by atoms with van der Waals surface area (Å²) < 4.78 is 14.1. The van der Waals surface area contributed by atoms with Crippen molar-refractivity contribution < 1.29 is 4.39 Å². The lowest BCUT2D eigenvalue weighted by molar-refractivity contribution is 0.630. The Kier molecular flexibility index (Phi) is 2.97. The number of aromatic nitrogens is 1. The first-order valence-electron chi connectivity index (χ1n) is 6.11. The normalized spacial score (nSPS) is 10.8. The molecule has 0 aliphatic carbocycles. The molecule has 2 N–H and O–H groups in total. The molecule has 3 heteroatoms. The van der Waals surface area contributed by atoms with Crippen LogP contribution in [0.2, 0.25) is 0 Å². The highest BCUT2D eigenvalue weighted by Crippen LogP contribution is 2.30. The van der Waals surface area contributed by atoms with Gasteiger partial charge in [-0.25, -0.2) is 4.39 Å². The van der Waals surface area contributed by atoms with Gasteiger partial charge in [0.05, 0.1) is 0 Å². The maximum absolute atomic E-state index is 14.1. The third-order valence-electron chi connectivity index (χ3n) is 3.24. The van der Waals surface area contributed by atoms with Crippen LogP contribution in [-0.2, 0) is 6.54 Å². The number of nitrogens with zero attached hydrogens (tertiary/aromatic N) is 1. The first-order chi connectivity index (χ1) is 9.29. The van der Waals surface area contributed by atoms with Crippen molar-refractivity contribution in [1.82, 2.24) is 4.98 Å². The average molecular weight is 252 g/mol. The number of hydrogen-bond donors (Lipinski definition) is 1. The minimum Gasteiger partial charge on any atom is -0.326 e. The summed E-state index contributed by atoms with van der Waals surface area (Å²) in [6.07, 6.45) is 3.50. The van der Waals surface area contributed by atoms with Gasteiger partial charge in [0.2, 0.25) is 0 Å². The molecule has 0 bridgehead atoms. The summed E-state index contributed by atoms with van der Waals surface area (Å²) in [5, 5.41) is 1.99. The zero-order valence-corrected chi connectivity index (χ0v) is 10.3. The minimum atomic E-state index is -0.235. The van der Waals surface area contributed by atoms with E-state index in [4.69, 9.17) is 5.73 Å². The van der Waals surface area contributed by atoms with Gasteiger partial charge in [0.1, 0.15) is 5.82 Å². The molecule has 3 aromatic rings. The van der Waals surface area contributed by atoms with Crippen LogP contribution in [0.15, 0.2) is 54.9 Å². The van der Waals surface area contributed by atoms with Gasteiger partial charge in [0, 0.05) is 29.9 Å². The van der Waals surface area contributed by atoms with Gasteiger partial charge in [-0.15, -0.1) is 0 Å². The van der Waals surface area contributed by atoms with Crippen molar-refractivity contribution in [2.24, 2.45) is 5.73 Å². The Labute approximate surface area is 110 Å². The van der Waals surface area contributed by atoms with E-state index in [2.05, 4.69) is 4.98 Å². The van der Waals surface area contributed by atoms with E-state index in [9.17, 15) is 4.39 Å². The molecule has 3 rings (SSSR count). The Morgan fingerprint density at radius 2 is 1.95 bits per heavy atom. The number of benzene rings is 2. The van der Waals surface area contributed by atoms with Gasteiger partial charge in [-0.05, 0) is 34.7 Å². The molecule has 2 aromatic carbocycles. The largest absolute Gasteiger partial charge is 0.326 e. The second kappa shape index (κ2) is 4.78. The quantitative estimate of drug-likeness (QED) is 0.758. The van der Waals surface area contributed by atoms with Gasteiger partial charge in [0.15, 0.2) is 0 Å². The van der Waals surface area contributed by atoms with E-state index in [0.29, 0.717) is 12.1 Å². The van der Waals surface area contributed by atoms with Gasteiger partial charge < -0.3 is 5.73 Å². The Bertz CT molecular complexity index is 732.